The van der Waals surface area contributed by atoms with Gasteiger partial charge in [0.15, 0.2) is 0 Å². The van der Waals surface area contributed by atoms with Crippen molar-refractivity contribution in [2.45, 2.75) is 19.2 Å². The van der Waals surface area contributed by atoms with Gasteiger partial charge in [-0.05, 0) is 0 Å². The number of pyridine rings is 1. The fraction of sp³-hybridized carbons (Fsp3) is 0.333. The monoisotopic (exact) mass is 287 g/mol. The summed E-state index contributed by atoms with van der Waals surface area (Å²) in [5.74, 6) is -4.05. The van der Waals surface area contributed by atoms with E-state index in [2.05, 4.69) is 9.72 Å². The van der Waals surface area contributed by atoms with Crippen LogP contribution in [0.25, 0.3) is 0 Å². The fourth-order valence-corrected chi connectivity index (χ4v) is 1.29. The Labute approximate surface area is 102 Å². The minimum atomic E-state index is -5.27. The maximum Gasteiger partial charge on any atom is 0.574 e. The molecule has 0 saturated heterocycles. The van der Waals surface area contributed by atoms with E-state index in [9.17, 15) is 31.9 Å². The Bertz CT molecular complexity index is 488. The summed E-state index contributed by atoms with van der Waals surface area (Å²) in [6.45, 7) is 0. The van der Waals surface area contributed by atoms with Crippen molar-refractivity contribution in [1.82, 2.24) is 4.98 Å². The van der Waals surface area contributed by atoms with Gasteiger partial charge in [0.05, 0.1) is 18.2 Å². The summed E-state index contributed by atoms with van der Waals surface area (Å²) in [6.07, 6.45) is -9.45. The van der Waals surface area contributed by atoms with Gasteiger partial charge in [0.2, 0.25) is 5.88 Å². The van der Waals surface area contributed by atoms with E-state index in [1.807, 2.05) is 0 Å². The van der Waals surface area contributed by atoms with Crippen molar-refractivity contribution >= 4 is 5.97 Å². The van der Waals surface area contributed by atoms with Crippen LogP contribution < -0.4 is 4.74 Å². The summed E-state index contributed by atoms with van der Waals surface area (Å²) in [5.41, 5.74) is -2.28. The van der Waals surface area contributed by atoms with Gasteiger partial charge in [-0.2, -0.15) is 0 Å². The molecular weight excluding hydrogens is 281 g/mol. The van der Waals surface area contributed by atoms with Gasteiger partial charge in [-0.3, -0.25) is 4.79 Å². The molecule has 0 aliphatic rings. The predicted octanol–water partition coefficient (Wildman–Crippen LogP) is 2.25. The Morgan fingerprint density at radius 3 is 2.42 bits per heavy atom. The van der Waals surface area contributed by atoms with Gasteiger partial charge in [0.25, 0.3) is 6.43 Å². The lowest BCUT2D eigenvalue weighted by molar-refractivity contribution is -0.276. The molecule has 0 amide bonds. The molecule has 1 aromatic rings. The summed E-state index contributed by atoms with van der Waals surface area (Å²) < 4.78 is 64.7. The summed E-state index contributed by atoms with van der Waals surface area (Å²) in [6, 6.07) is 0. The highest BCUT2D eigenvalue weighted by molar-refractivity contribution is 5.72. The third-order valence-corrected chi connectivity index (χ3v) is 1.93. The molecule has 5 nitrogen and oxygen atoms in total. The quantitative estimate of drug-likeness (QED) is 0.830. The summed E-state index contributed by atoms with van der Waals surface area (Å²) in [4.78, 5) is 13.3. The van der Waals surface area contributed by atoms with Gasteiger partial charge in [-0.15, -0.1) is 13.2 Å². The molecule has 0 radical (unpaired) electrons. The molecule has 10 heteroatoms. The molecule has 0 saturated carbocycles. The minimum absolute atomic E-state index is 0.408. The number of nitrogens with zero attached hydrogens (tertiary/aromatic N) is 1. The average molecular weight is 287 g/mol. The number of halogens is 5. The molecule has 0 aromatic carbocycles. The molecule has 19 heavy (non-hydrogen) atoms. The molecular formula is C9H6F5NO4. The number of ether oxygens (including phenoxy) is 1. The Morgan fingerprint density at radius 1 is 1.42 bits per heavy atom. The van der Waals surface area contributed by atoms with E-state index in [0.717, 1.165) is 0 Å². The van der Waals surface area contributed by atoms with Gasteiger partial charge >= 0.3 is 12.3 Å². The van der Waals surface area contributed by atoms with Gasteiger partial charge in [0, 0.05) is 5.56 Å². The number of hydrogen-bond acceptors (Lipinski definition) is 4. The van der Waals surface area contributed by atoms with E-state index in [4.69, 9.17) is 5.11 Å². The van der Waals surface area contributed by atoms with Crippen LogP contribution in [0.15, 0.2) is 6.20 Å². The molecule has 1 aromatic heterocycles. The highest BCUT2D eigenvalue weighted by Crippen LogP contribution is 2.37. The van der Waals surface area contributed by atoms with Crippen molar-refractivity contribution in [3.05, 3.63) is 17.3 Å². The highest BCUT2D eigenvalue weighted by atomic mass is 19.4. The first kappa shape index (κ1) is 14.9. The zero-order valence-corrected chi connectivity index (χ0v) is 8.91. The summed E-state index contributed by atoms with van der Waals surface area (Å²) in [7, 11) is 0. The fourth-order valence-electron chi connectivity index (χ4n) is 1.29. The third kappa shape index (κ3) is 3.93. The number of hydrogen-bond donors (Lipinski definition) is 2. The van der Waals surface area contributed by atoms with Crippen LogP contribution in [0.5, 0.6) is 11.6 Å². The first-order valence-corrected chi connectivity index (χ1v) is 4.58. The number of carbonyl (C=O) groups is 1. The van der Waals surface area contributed by atoms with Gasteiger partial charge in [0.1, 0.15) is 5.75 Å². The lowest BCUT2D eigenvalue weighted by Gasteiger charge is -2.15. The Morgan fingerprint density at radius 2 is 2.00 bits per heavy atom. The van der Waals surface area contributed by atoms with Crippen molar-refractivity contribution in [3.8, 4) is 11.6 Å². The van der Waals surface area contributed by atoms with Crippen molar-refractivity contribution in [1.29, 1.82) is 0 Å². The smallest absolute Gasteiger partial charge is 0.506 e. The van der Waals surface area contributed by atoms with Crippen LogP contribution in [-0.2, 0) is 11.2 Å². The standard InChI is InChI=1S/C9H6F5NO4/c10-7(11)6-3(1-5(17)18)4(16)2-15-8(6)19-9(12,13)14/h2,7,16H,1H2,(H,17,18). The predicted molar refractivity (Wildman–Crippen MR) is 48.9 cm³/mol. The molecule has 0 fully saturated rings. The molecule has 0 atom stereocenters. The van der Waals surface area contributed by atoms with Crippen LogP contribution in [-0.4, -0.2) is 27.5 Å². The van der Waals surface area contributed by atoms with Gasteiger partial charge < -0.3 is 14.9 Å². The maximum absolute atomic E-state index is 12.7. The van der Waals surface area contributed by atoms with Crippen molar-refractivity contribution in [3.63, 3.8) is 0 Å². The van der Waals surface area contributed by atoms with Gasteiger partial charge in [-0.1, -0.05) is 0 Å². The van der Waals surface area contributed by atoms with E-state index in [-0.39, 0.29) is 0 Å². The minimum Gasteiger partial charge on any atom is -0.506 e. The van der Waals surface area contributed by atoms with Crippen molar-refractivity contribution in [2.24, 2.45) is 0 Å². The van der Waals surface area contributed by atoms with E-state index in [1.165, 1.54) is 0 Å². The first-order chi connectivity index (χ1) is 8.61. The number of aromatic nitrogens is 1. The van der Waals surface area contributed by atoms with Crippen LogP contribution in [0.2, 0.25) is 0 Å². The Hall–Kier alpha value is -2.13. The molecule has 0 spiro atoms. The topological polar surface area (TPSA) is 79.7 Å². The average Bonchev–Trinajstić information content (AvgIpc) is 2.19. The Kier molecular flexibility index (Phi) is 4.12. The second kappa shape index (κ2) is 5.24. The number of rotatable bonds is 4. The third-order valence-electron chi connectivity index (χ3n) is 1.93. The van der Waals surface area contributed by atoms with E-state index < -0.39 is 47.9 Å². The van der Waals surface area contributed by atoms with E-state index in [0.29, 0.717) is 6.20 Å². The van der Waals surface area contributed by atoms with Crippen LogP contribution in [0.3, 0.4) is 0 Å². The lowest BCUT2D eigenvalue weighted by atomic mass is 10.1. The molecule has 1 rings (SSSR count). The number of carboxylic acids is 1. The SMILES string of the molecule is O=C(O)Cc1c(O)cnc(OC(F)(F)F)c1C(F)F. The van der Waals surface area contributed by atoms with Crippen LogP contribution in [0.1, 0.15) is 17.6 Å². The molecule has 106 valence electrons. The molecule has 0 aliphatic heterocycles. The van der Waals surface area contributed by atoms with Crippen LogP contribution >= 0.6 is 0 Å². The summed E-state index contributed by atoms with van der Waals surface area (Å²) >= 11 is 0. The van der Waals surface area contributed by atoms with Crippen LogP contribution in [0.4, 0.5) is 22.0 Å². The van der Waals surface area contributed by atoms with Crippen LogP contribution in [0, 0.1) is 0 Å². The molecule has 1 heterocycles. The van der Waals surface area contributed by atoms with Crippen molar-refractivity contribution in [2.75, 3.05) is 0 Å². The van der Waals surface area contributed by atoms with Gasteiger partial charge in [-0.25, -0.2) is 13.8 Å². The number of aromatic hydroxyl groups is 1. The van der Waals surface area contributed by atoms with E-state index in [1.54, 1.807) is 0 Å². The zero-order chi connectivity index (χ0) is 14.8. The number of carboxylic acid groups (broad SMARTS) is 1. The number of aliphatic carboxylic acids is 1. The normalized spacial score (nSPS) is 11.7. The largest absolute Gasteiger partial charge is 0.574 e. The molecule has 2 N–H and O–H groups in total. The summed E-state index contributed by atoms with van der Waals surface area (Å²) in [5, 5.41) is 17.7. The number of alkyl halides is 5. The molecule has 0 aliphatic carbocycles. The highest BCUT2D eigenvalue weighted by Gasteiger charge is 2.36. The maximum atomic E-state index is 12.7. The lowest BCUT2D eigenvalue weighted by Crippen LogP contribution is -2.20. The van der Waals surface area contributed by atoms with E-state index >= 15 is 0 Å². The second-order valence-electron chi connectivity index (χ2n) is 3.26. The zero-order valence-electron chi connectivity index (χ0n) is 8.91. The Balaban J connectivity index is 3.36. The second-order valence-corrected chi connectivity index (χ2v) is 3.26. The molecule has 0 unspecified atom stereocenters. The van der Waals surface area contributed by atoms with Crippen molar-refractivity contribution < 1.29 is 41.7 Å². The first-order valence-electron chi connectivity index (χ1n) is 4.58. The molecule has 0 bridgehead atoms.